The van der Waals surface area contributed by atoms with Crippen LogP contribution in [-0.4, -0.2) is 60.0 Å². The smallest absolute Gasteiger partial charge is 0.213 e. The first-order chi connectivity index (χ1) is 13.9. The fourth-order valence-electron chi connectivity index (χ4n) is 3.71. The van der Waals surface area contributed by atoms with Crippen molar-refractivity contribution in [1.82, 2.24) is 9.62 Å². The van der Waals surface area contributed by atoms with Crippen LogP contribution in [0.2, 0.25) is 0 Å². The van der Waals surface area contributed by atoms with Crippen molar-refractivity contribution in [2.24, 2.45) is 0 Å². The van der Waals surface area contributed by atoms with Crippen molar-refractivity contribution in [3.63, 3.8) is 0 Å². The first-order valence-corrected chi connectivity index (χ1v) is 11.6. The number of nitrogens with zero attached hydrogens (tertiary/aromatic N) is 2. The van der Waals surface area contributed by atoms with E-state index in [9.17, 15) is 8.42 Å². The van der Waals surface area contributed by atoms with Crippen LogP contribution in [0.5, 0.6) is 0 Å². The van der Waals surface area contributed by atoms with Crippen LogP contribution in [0, 0.1) is 0 Å². The van der Waals surface area contributed by atoms with E-state index >= 15 is 0 Å². The first kappa shape index (κ1) is 21.8. The Bertz CT molecular complexity index is 898. The van der Waals surface area contributed by atoms with Crippen molar-refractivity contribution in [3.05, 3.63) is 65.2 Å². The molecule has 0 saturated heterocycles. The van der Waals surface area contributed by atoms with Crippen LogP contribution in [0.25, 0.3) is 0 Å². The maximum Gasteiger partial charge on any atom is 0.213 e. The van der Waals surface area contributed by atoms with E-state index in [0.29, 0.717) is 6.54 Å². The molecule has 158 valence electrons. The Morgan fingerprint density at radius 3 is 2.45 bits per heavy atom. The average molecular weight is 418 g/mol. The number of benzene rings is 2. The van der Waals surface area contributed by atoms with Gasteiger partial charge < -0.3 is 9.64 Å². The summed E-state index contributed by atoms with van der Waals surface area (Å²) < 4.78 is 32.4. The maximum absolute atomic E-state index is 12.3. The molecule has 29 heavy (non-hydrogen) atoms. The molecule has 2 aromatic carbocycles. The van der Waals surface area contributed by atoms with Crippen molar-refractivity contribution in [3.8, 4) is 0 Å². The Hall–Kier alpha value is -1.93. The molecule has 1 heterocycles. The lowest BCUT2D eigenvalue weighted by Gasteiger charge is -2.36. The first-order valence-electron chi connectivity index (χ1n) is 9.94. The van der Waals surface area contributed by atoms with Gasteiger partial charge in [-0.25, -0.2) is 13.1 Å². The van der Waals surface area contributed by atoms with Crippen LogP contribution in [0.3, 0.4) is 0 Å². The Morgan fingerprint density at radius 2 is 1.79 bits per heavy atom. The lowest BCUT2D eigenvalue weighted by molar-refractivity contribution is 0.180. The van der Waals surface area contributed by atoms with E-state index in [1.165, 1.54) is 18.2 Å². The molecule has 0 fully saturated rings. The molecule has 0 aromatic heterocycles. The van der Waals surface area contributed by atoms with Crippen LogP contribution in [-0.2, 0) is 27.7 Å². The molecule has 3 rings (SSSR count). The number of ether oxygens (including phenoxy) is 1. The predicted octanol–water partition coefficient (Wildman–Crippen LogP) is 2.42. The number of methoxy groups -OCH3 is 1. The highest BCUT2D eigenvalue weighted by Crippen LogP contribution is 2.28. The molecule has 0 spiro atoms. The molecule has 7 heteroatoms. The fraction of sp³-hybridized carbons (Fsp3) is 0.455. The number of nitrogens with one attached hydrogen (secondary N) is 1. The second kappa shape index (κ2) is 9.71. The minimum atomic E-state index is -3.38. The van der Waals surface area contributed by atoms with Crippen molar-refractivity contribution >= 4 is 15.7 Å². The molecule has 2 aromatic rings. The van der Waals surface area contributed by atoms with Gasteiger partial charge in [0.25, 0.3) is 0 Å². The molecule has 0 saturated carbocycles. The molecule has 1 atom stereocenters. The van der Waals surface area contributed by atoms with Gasteiger partial charge in [0.1, 0.15) is 0 Å². The summed E-state index contributed by atoms with van der Waals surface area (Å²) in [6.07, 6.45) is 0.971. The summed E-state index contributed by atoms with van der Waals surface area (Å²) >= 11 is 0. The van der Waals surface area contributed by atoms with E-state index in [1.807, 2.05) is 14.1 Å². The second-order valence-electron chi connectivity index (χ2n) is 7.65. The Labute approximate surface area is 174 Å². The zero-order chi connectivity index (χ0) is 20.9. The summed E-state index contributed by atoms with van der Waals surface area (Å²) in [5.74, 6) is -0.0291. The van der Waals surface area contributed by atoms with Gasteiger partial charge in [-0.05, 0) is 35.2 Å². The minimum Gasteiger partial charge on any atom is -0.384 e. The van der Waals surface area contributed by atoms with E-state index in [2.05, 4.69) is 63.1 Å². The number of sulfonamides is 1. The Morgan fingerprint density at radius 1 is 1.10 bits per heavy atom. The summed E-state index contributed by atoms with van der Waals surface area (Å²) in [5, 5.41) is 0. The molecule has 0 radical (unpaired) electrons. The van der Waals surface area contributed by atoms with Crippen molar-refractivity contribution in [2.75, 3.05) is 51.6 Å². The fourth-order valence-corrected chi connectivity index (χ4v) is 4.65. The monoisotopic (exact) mass is 417 g/mol. The third-order valence-corrected chi connectivity index (χ3v) is 6.76. The molecule has 0 bridgehead atoms. The topological polar surface area (TPSA) is 61.9 Å². The van der Waals surface area contributed by atoms with Crippen molar-refractivity contribution in [2.45, 2.75) is 19.0 Å². The van der Waals surface area contributed by atoms with Gasteiger partial charge in [0.15, 0.2) is 0 Å². The zero-order valence-electron chi connectivity index (χ0n) is 17.5. The molecule has 1 unspecified atom stereocenters. The number of rotatable bonds is 9. The Kier molecular flexibility index (Phi) is 7.29. The number of hydrogen-bond acceptors (Lipinski definition) is 5. The molecule has 1 N–H and O–H groups in total. The van der Waals surface area contributed by atoms with E-state index < -0.39 is 10.0 Å². The minimum absolute atomic E-state index is 0.0291. The third-order valence-electron chi connectivity index (χ3n) is 5.45. The van der Waals surface area contributed by atoms with Crippen molar-refractivity contribution in [1.29, 1.82) is 0 Å². The average Bonchev–Trinajstić information content (AvgIpc) is 2.72. The van der Waals surface area contributed by atoms with Gasteiger partial charge >= 0.3 is 0 Å². The maximum atomic E-state index is 12.3. The predicted molar refractivity (Wildman–Crippen MR) is 118 cm³/mol. The van der Waals surface area contributed by atoms with Gasteiger partial charge in [-0.1, -0.05) is 36.4 Å². The summed E-state index contributed by atoms with van der Waals surface area (Å²) in [5.41, 5.74) is 4.93. The summed E-state index contributed by atoms with van der Waals surface area (Å²) in [4.78, 5) is 4.43. The molecule has 6 nitrogen and oxygen atoms in total. The van der Waals surface area contributed by atoms with E-state index in [-0.39, 0.29) is 18.4 Å². The summed E-state index contributed by atoms with van der Waals surface area (Å²) in [7, 11) is 2.16. The second-order valence-corrected chi connectivity index (χ2v) is 9.58. The van der Waals surface area contributed by atoms with E-state index in [1.54, 1.807) is 0 Å². The van der Waals surface area contributed by atoms with Crippen LogP contribution >= 0.6 is 0 Å². The molecular weight excluding hydrogens is 386 g/mol. The Balaban J connectivity index is 1.81. The highest BCUT2D eigenvalue weighted by atomic mass is 32.2. The highest BCUT2D eigenvalue weighted by Gasteiger charge is 2.26. The molecule has 1 aliphatic heterocycles. The van der Waals surface area contributed by atoms with Crippen LogP contribution in [0.4, 0.5) is 5.69 Å². The number of hydrogen-bond donors (Lipinski definition) is 1. The number of anilines is 1. The largest absolute Gasteiger partial charge is 0.384 e. The summed E-state index contributed by atoms with van der Waals surface area (Å²) in [6.45, 7) is 2.25. The van der Waals surface area contributed by atoms with Gasteiger partial charge in [0.05, 0.1) is 12.4 Å². The van der Waals surface area contributed by atoms with Gasteiger partial charge in [0, 0.05) is 52.6 Å². The standard InChI is InChI=1S/C22H31N3O3S/c1-24(2)21-10-8-19(9-11-21)22(16-23-29(26,27)15-14-28-3)25-13-12-18-6-4-5-7-20(18)17-25/h4-11,22-23H,12-17H2,1-3H3. The van der Waals surface area contributed by atoms with E-state index in [0.717, 1.165) is 30.8 Å². The van der Waals surface area contributed by atoms with Gasteiger partial charge in [0.2, 0.25) is 10.0 Å². The summed E-state index contributed by atoms with van der Waals surface area (Å²) in [6, 6.07) is 16.8. The van der Waals surface area contributed by atoms with Gasteiger partial charge in [-0.15, -0.1) is 0 Å². The molecule has 0 amide bonds. The lowest BCUT2D eigenvalue weighted by atomic mass is 9.96. The molecule has 0 aliphatic carbocycles. The quantitative estimate of drug-likeness (QED) is 0.679. The highest BCUT2D eigenvalue weighted by molar-refractivity contribution is 7.89. The lowest BCUT2D eigenvalue weighted by Crippen LogP contribution is -2.41. The third kappa shape index (κ3) is 5.79. The van der Waals surface area contributed by atoms with Crippen molar-refractivity contribution < 1.29 is 13.2 Å². The normalized spacial score (nSPS) is 15.7. The zero-order valence-corrected chi connectivity index (χ0v) is 18.3. The number of fused-ring (bicyclic) bond motifs is 1. The van der Waals surface area contributed by atoms with Crippen LogP contribution < -0.4 is 9.62 Å². The van der Waals surface area contributed by atoms with Gasteiger partial charge in [-0.3, -0.25) is 4.90 Å². The molecule has 1 aliphatic rings. The SMILES string of the molecule is COCCS(=O)(=O)NCC(c1ccc(N(C)C)cc1)N1CCc2ccccc2C1. The van der Waals surface area contributed by atoms with Crippen LogP contribution in [0.1, 0.15) is 22.7 Å². The van der Waals surface area contributed by atoms with Gasteiger partial charge in [-0.2, -0.15) is 0 Å². The van der Waals surface area contributed by atoms with E-state index in [4.69, 9.17) is 4.74 Å². The molecular formula is C22H31N3O3S. The van der Waals surface area contributed by atoms with Crippen LogP contribution in [0.15, 0.2) is 48.5 Å².